The van der Waals surface area contributed by atoms with E-state index in [9.17, 15) is 0 Å². The van der Waals surface area contributed by atoms with Gasteiger partial charge in [0.2, 0.25) is 0 Å². The summed E-state index contributed by atoms with van der Waals surface area (Å²) in [6.45, 7) is 7.53. The van der Waals surface area contributed by atoms with Gasteiger partial charge in [0.05, 0.1) is 6.20 Å². The molecule has 0 unspecified atom stereocenters. The SMILES string of the molecule is CC(C)(C)c1cnn(CCCO)c1. The van der Waals surface area contributed by atoms with E-state index in [2.05, 4.69) is 32.1 Å². The van der Waals surface area contributed by atoms with E-state index >= 15 is 0 Å². The number of hydrogen-bond donors (Lipinski definition) is 1. The standard InChI is InChI=1S/C10H18N2O/c1-10(2,3)9-7-11-12(8-9)5-4-6-13/h7-8,13H,4-6H2,1-3H3. The minimum absolute atomic E-state index is 0.164. The van der Waals surface area contributed by atoms with Crippen LogP contribution in [0, 0.1) is 0 Å². The summed E-state index contributed by atoms with van der Waals surface area (Å²) in [4.78, 5) is 0. The molecular weight excluding hydrogens is 164 g/mol. The fraction of sp³-hybridized carbons (Fsp3) is 0.700. The third-order valence-corrected chi connectivity index (χ3v) is 2.04. The van der Waals surface area contributed by atoms with Gasteiger partial charge in [-0.15, -0.1) is 0 Å². The van der Waals surface area contributed by atoms with Gasteiger partial charge in [-0.25, -0.2) is 0 Å². The molecule has 0 aliphatic rings. The van der Waals surface area contributed by atoms with Crippen LogP contribution in [0.4, 0.5) is 0 Å². The van der Waals surface area contributed by atoms with Crippen molar-refractivity contribution in [2.24, 2.45) is 0 Å². The maximum Gasteiger partial charge on any atom is 0.0527 e. The molecule has 0 saturated carbocycles. The van der Waals surface area contributed by atoms with Crippen molar-refractivity contribution < 1.29 is 5.11 Å². The van der Waals surface area contributed by atoms with Crippen LogP contribution in [0.1, 0.15) is 32.8 Å². The third-order valence-electron chi connectivity index (χ3n) is 2.04. The summed E-state index contributed by atoms with van der Waals surface area (Å²) in [5.41, 5.74) is 1.41. The number of aromatic nitrogens is 2. The van der Waals surface area contributed by atoms with Gasteiger partial charge in [-0.05, 0) is 17.4 Å². The Kier molecular flexibility index (Phi) is 3.09. The monoisotopic (exact) mass is 182 g/mol. The Labute approximate surface area is 79.4 Å². The lowest BCUT2D eigenvalue weighted by atomic mass is 9.90. The molecule has 0 radical (unpaired) electrons. The summed E-state index contributed by atoms with van der Waals surface area (Å²) in [6, 6.07) is 0. The van der Waals surface area contributed by atoms with Gasteiger partial charge in [0.1, 0.15) is 0 Å². The molecule has 0 aromatic carbocycles. The number of aryl methyl sites for hydroxylation is 1. The average molecular weight is 182 g/mol. The van der Waals surface area contributed by atoms with Crippen LogP contribution < -0.4 is 0 Å². The van der Waals surface area contributed by atoms with Crippen LogP contribution >= 0.6 is 0 Å². The van der Waals surface area contributed by atoms with E-state index < -0.39 is 0 Å². The Morgan fingerprint density at radius 2 is 2.15 bits per heavy atom. The van der Waals surface area contributed by atoms with Crippen LogP contribution in [0.3, 0.4) is 0 Å². The van der Waals surface area contributed by atoms with E-state index in [1.165, 1.54) is 5.56 Å². The Hall–Kier alpha value is -0.830. The van der Waals surface area contributed by atoms with Gasteiger partial charge in [-0.2, -0.15) is 5.10 Å². The maximum atomic E-state index is 8.65. The lowest BCUT2D eigenvalue weighted by Gasteiger charge is -2.14. The summed E-state index contributed by atoms with van der Waals surface area (Å²) in [5.74, 6) is 0. The number of aliphatic hydroxyl groups is 1. The van der Waals surface area contributed by atoms with Crippen molar-refractivity contribution in [3.63, 3.8) is 0 Å². The first-order valence-corrected chi connectivity index (χ1v) is 4.68. The third kappa shape index (κ3) is 2.84. The fourth-order valence-corrected chi connectivity index (χ4v) is 1.11. The molecule has 0 atom stereocenters. The Morgan fingerprint density at radius 3 is 2.62 bits per heavy atom. The number of rotatable bonds is 3. The summed E-state index contributed by atoms with van der Waals surface area (Å²) in [5, 5.41) is 12.9. The van der Waals surface area contributed by atoms with Crippen LogP contribution in [0.25, 0.3) is 0 Å². The first-order valence-electron chi connectivity index (χ1n) is 4.68. The molecule has 0 saturated heterocycles. The summed E-state index contributed by atoms with van der Waals surface area (Å²) < 4.78 is 1.89. The normalized spacial score (nSPS) is 12.0. The van der Waals surface area contributed by atoms with Gasteiger partial charge in [-0.3, -0.25) is 4.68 Å². The van der Waals surface area contributed by atoms with Crippen LogP contribution in [-0.4, -0.2) is 21.5 Å². The second-order valence-electron chi connectivity index (χ2n) is 4.32. The molecule has 74 valence electrons. The number of aliphatic hydroxyl groups excluding tert-OH is 1. The van der Waals surface area contributed by atoms with Crippen LogP contribution in [-0.2, 0) is 12.0 Å². The predicted molar refractivity (Wildman–Crippen MR) is 52.6 cm³/mol. The molecule has 3 heteroatoms. The van der Waals surface area contributed by atoms with Crippen molar-refractivity contribution in [3.05, 3.63) is 18.0 Å². The van der Waals surface area contributed by atoms with Gasteiger partial charge in [0.15, 0.2) is 0 Å². The molecule has 0 bridgehead atoms. The van der Waals surface area contributed by atoms with E-state index in [1.807, 2.05) is 10.9 Å². The minimum atomic E-state index is 0.164. The largest absolute Gasteiger partial charge is 0.396 e. The molecule has 0 aliphatic carbocycles. The molecule has 1 aromatic rings. The minimum Gasteiger partial charge on any atom is -0.396 e. The number of hydrogen-bond acceptors (Lipinski definition) is 2. The first kappa shape index (κ1) is 10.3. The molecular formula is C10H18N2O. The van der Waals surface area contributed by atoms with Crippen LogP contribution in [0.5, 0.6) is 0 Å². The van der Waals surface area contributed by atoms with Crippen LogP contribution in [0.2, 0.25) is 0 Å². The summed E-state index contributed by atoms with van der Waals surface area (Å²) in [6.07, 6.45) is 4.72. The molecule has 1 N–H and O–H groups in total. The van der Waals surface area contributed by atoms with Crippen LogP contribution in [0.15, 0.2) is 12.4 Å². The highest BCUT2D eigenvalue weighted by Crippen LogP contribution is 2.20. The highest BCUT2D eigenvalue weighted by molar-refractivity contribution is 5.14. The van der Waals surface area contributed by atoms with Crippen molar-refractivity contribution in [2.45, 2.75) is 39.2 Å². The fourth-order valence-electron chi connectivity index (χ4n) is 1.11. The van der Waals surface area contributed by atoms with Gasteiger partial charge < -0.3 is 5.11 Å². The Bertz CT molecular complexity index is 260. The van der Waals surface area contributed by atoms with Crippen molar-refractivity contribution in [1.29, 1.82) is 0 Å². The molecule has 0 aliphatic heterocycles. The topological polar surface area (TPSA) is 38.0 Å². The molecule has 1 rings (SSSR count). The van der Waals surface area contributed by atoms with Crippen molar-refractivity contribution >= 4 is 0 Å². The molecule has 3 nitrogen and oxygen atoms in total. The Balaban J connectivity index is 2.64. The lowest BCUT2D eigenvalue weighted by molar-refractivity contribution is 0.277. The second kappa shape index (κ2) is 3.92. The second-order valence-corrected chi connectivity index (χ2v) is 4.32. The molecule has 0 spiro atoms. The van der Waals surface area contributed by atoms with Crippen molar-refractivity contribution in [1.82, 2.24) is 9.78 Å². The van der Waals surface area contributed by atoms with E-state index in [0.717, 1.165) is 13.0 Å². The van der Waals surface area contributed by atoms with E-state index in [4.69, 9.17) is 5.11 Å². The van der Waals surface area contributed by atoms with E-state index in [0.29, 0.717) is 0 Å². The molecule has 0 fully saturated rings. The quantitative estimate of drug-likeness (QED) is 0.770. The highest BCUT2D eigenvalue weighted by Gasteiger charge is 2.15. The van der Waals surface area contributed by atoms with Gasteiger partial charge in [-0.1, -0.05) is 20.8 Å². The van der Waals surface area contributed by atoms with E-state index in [1.54, 1.807) is 0 Å². The predicted octanol–water partition coefficient (Wildman–Crippen LogP) is 1.56. The zero-order valence-electron chi connectivity index (χ0n) is 8.62. The van der Waals surface area contributed by atoms with Crippen molar-refractivity contribution in [3.8, 4) is 0 Å². The average Bonchev–Trinajstić information content (AvgIpc) is 2.47. The Morgan fingerprint density at radius 1 is 1.46 bits per heavy atom. The molecule has 1 aromatic heterocycles. The summed E-state index contributed by atoms with van der Waals surface area (Å²) in [7, 11) is 0. The van der Waals surface area contributed by atoms with Crippen molar-refractivity contribution in [2.75, 3.05) is 6.61 Å². The molecule has 0 amide bonds. The summed E-state index contributed by atoms with van der Waals surface area (Å²) >= 11 is 0. The smallest absolute Gasteiger partial charge is 0.0527 e. The van der Waals surface area contributed by atoms with Gasteiger partial charge in [0, 0.05) is 19.3 Å². The molecule has 1 heterocycles. The first-order chi connectivity index (χ1) is 6.04. The highest BCUT2D eigenvalue weighted by atomic mass is 16.3. The number of nitrogens with zero attached hydrogens (tertiary/aromatic N) is 2. The lowest BCUT2D eigenvalue weighted by Crippen LogP contribution is -2.09. The van der Waals surface area contributed by atoms with Gasteiger partial charge >= 0.3 is 0 Å². The van der Waals surface area contributed by atoms with E-state index in [-0.39, 0.29) is 12.0 Å². The zero-order chi connectivity index (χ0) is 9.90. The maximum absolute atomic E-state index is 8.65. The molecule has 13 heavy (non-hydrogen) atoms. The van der Waals surface area contributed by atoms with Gasteiger partial charge in [0.25, 0.3) is 0 Å². The zero-order valence-corrected chi connectivity index (χ0v) is 8.62.